The Labute approximate surface area is 163 Å². The minimum Gasteiger partial charge on any atom is -0.493 e. The van der Waals surface area contributed by atoms with E-state index in [2.05, 4.69) is 9.88 Å². The van der Waals surface area contributed by atoms with Crippen molar-refractivity contribution >= 4 is 28.6 Å². The summed E-state index contributed by atoms with van der Waals surface area (Å²) in [4.78, 5) is 24.8. The number of hydrogen-bond acceptors (Lipinski definition) is 8. The third kappa shape index (κ3) is 3.15. The highest BCUT2D eigenvalue weighted by atomic mass is 16.5. The molecule has 28 heavy (non-hydrogen) atoms. The van der Waals surface area contributed by atoms with E-state index < -0.39 is 0 Å². The van der Waals surface area contributed by atoms with E-state index >= 15 is 0 Å². The van der Waals surface area contributed by atoms with Crippen molar-refractivity contribution in [2.45, 2.75) is 18.4 Å². The van der Waals surface area contributed by atoms with Crippen LogP contribution in [0.1, 0.15) is 12.8 Å². The predicted octanol–water partition coefficient (Wildman–Crippen LogP) is 1.06. The fourth-order valence-electron chi connectivity index (χ4n) is 3.92. The molecule has 1 aromatic heterocycles. The van der Waals surface area contributed by atoms with Gasteiger partial charge in [0.1, 0.15) is 12.4 Å². The highest BCUT2D eigenvalue weighted by Gasteiger charge is 2.41. The number of piperidine rings is 1. The first-order valence-electron chi connectivity index (χ1n) is 9.27. The molecule has 0 radical (unpaired) electrons. The van der Waals surface area contributed by atoms with Gasteiger partial charge in [0.2, 0.25) is 11.9 Å². The summed E-state index contributed by atoms with van der Waals surface area (Å²) in [7, 11) is 5.00. The van der Waals surface area contributed by atoms with Gasteiger partial charge in [0.15, 0.2) is 11.5 Å². The van der Waals surface area contributed by atoms with Crippen molar-refractivity contribution in [3.63, 3.8) is 0 Å². The van der Waals surface area contributed by atoms with Crippen molar-refractivity contribution in [1.29, 1.82) is 0 Å². The van der Waals surface area contributed by atoms with E-state index in [0.29, 0.717) is 35.3 Å². The van der Waals surface area contributed by atoms with Crippen LogP contribution in [-0.2, 0) is 9.53 Å². The maximum atomic E-state index is 11.7. The molecular weight excluding hydrogens is 362 g/mol. The van der Waals surface area contributed by atoms with Crippen LogP contribution in [0.3, 0.4) is 0 Å². The molecule has 1 spiro atoms. The fraction of sp³-hybridized carbons (Fsp3) is 0.526. The molecule has 9 heteroatoms. The first-order valence-corrected chi connectivity index (χ1v) is 9.27. The second-order valence-electron chi connectivity index (χ2n) is 7.34. The molecule has 2 aromatic rings. The number of likely N-dealkylation sites (N-methyl/N-ethyl adjacent to an activating group) is 1. The number of fused-ring (bicyclic) bond motifs is 1. The molecule has 0 unspecified atom stereocenters. The smallest absolute Gasteiger partial charge is 0.248 e. The summed E-state index contributed by atoms with van der Waals surface area (Å²) in [6, 6.07) is 3.60. The van der Waals surface area contributed by atoms with Crippen molar-refractivity contribution in [1.82, 2.24) is 14.9 Å². The number of nitrogens with two attached hydrogens (primary N) is 1. The van der Waals surface area contributed by atoms with Gasteiger partial charge in [0.05, 0.1) is 25.3 Å². The van der Waals surface area contributed by atoms with Gasteiger partial charge < -0.3 is 29.7 Å². The summed E-state index contributed by atoms with van der Waals surface area (Å²) in [5.74, 6) is 2.21. The van der Waals surface area contributed by atoms with Crippen molar-refractivity contribution in [3.8, 4) is 11.5 Å². The summed E-state index contributed by atoms with van der Waals surface area (Å²) < 4.78 is 16.6. The number of carbonyl (C=O) groups is 1. The lowest BCUT2D eigenvalue weighted by atomic mass is 9.89. The number of hydrogen-bond donors (Lipinski definition) is 1. The van der Waals surface area contributed by atoms with E-state index in [4.69, 9.17) is 24.9 Å². The summed E-state index contributed by atoms with van der Waals surface area (Å²) in [6.07, 6.45) is 1.61. The Morgan fingerprint density at radius 1 is 1.14 bits per heavy atom. The van der Waals surface area contributed by atoms with Crippen LogP contribution in [0.15, 0.2) is 12.1 Å². The van der Waals surface area contributed by atoms with Crippen LogP contribution in [0.4, 0.5) is 11.8 Å². The summed E-state index contributed by atoms with van der Waals surface area (Å²) >= 11 is 0. The zero-order chi connectivity index (χ0) is 19.9. The van der Waals surface area contributed by atoms with Gasteiger partial charge in [-0.1, -0.05) is 0 Å². The van der Waals surface area contributed by atoms with Crippen molar-refractivity contribution < 1.29 is 19.0 Å². The quantitative estimate of drug-likeness (QED) is 0.834. The minimum atomic E-state index is -0.280. The van der Waals surface area contributed by atoms with E-state index in [1.165, 1.54) is 0 Å². The number of rotatable bonds is 3. The second-order valence-corrected chi connectivity index (χ2v) is 7.34. The Kier molecular flexibility index (Phi) is 4.62. The van der Waals surface area contributed by atoms with Crippen molar-refractivity contribution in [3.05, 3.63) is 12.1 Å². The molecule has 2 aliphatic heterocycles. The molecule has 2 aliphatic rings. The number of nitrogens with zero attached hydrogens (tertiary/aromatic N) is 4. The molecule has 4 rings (SSSR count). The zero-order valence-corrected chi connectivity index (χ0v) is 16.4. The number of carbonyl (C=O) groups excluding carboxylic acids is 1. The molecule has 9 nitrogen and oxygen atoms in total. The van der Waals surface area contributed by atoms with Crippen LogP contribution in [0.25, 0.3) is 10.9 Å². The Morgan fingerprint density at radius 2 is 1.82 bits per heavy atom. The number of amides is 1. The van der Waals surface area contributed by atoms with Gasteiger partial charge in [-0.15, -0.1) is 0 Å². The van der Waals surface area contributed by atoms with E-state index in [1.807, 2.05) is 13.1 Å². The Balaban J connectivity index is 1.58. The molecular formula is C19H25N5O4. The average Bonchev–Trinajstić information content (AvgIpc) is 2.70. The van der Waals surface area contributed by atoms with Gasteiger partial charge in [0, 0.05) is 38.1 Å². The predicted molar refractivity (Wildman–Crippen MR) is 105 cm³/mol. The Morgan fingerprint density at radius 3 is 2.46 bits per heavy atom. The molecule has 0 saturated carbocycles. The summed E-state index contributed by atoms with van der Waals surface area (Å²) in [6.45, 7) is 2.25. The molecule has 2 N–H and O–H groups in total. The van der Waals surface area contributed by atoms with Crippen molar-refractivity contribution in [2.24, 2.45) is 0 Å². The lowest BCUT2D eigenvalue weighted by Gasteiger charge is -2.46. The van der Waals surface area contributed by atoms with Gasteiger partial charge in [-0.25, -0.2) is 4.98 Å². The number of morpholine rings is 1. The van der Waals surface area contributed by atoms with Gasteiger partial charge in [-0.05, 0) is 18.9 Å². The highest BCUT2D eigenvalue weighted by Crippen LogP contribution is 2.35. The average molecular weight is 387 g/mol. The van der Waals surface area contributed by atoms with Crippen LogP contribution in [-0.4, -0.2) is 73.9 Å². The molecule has 3 heterocycles. The normalized spacial score (nSPS) is 19.3. The van der Waals surface area contributed by atoms with Crippen molar-refractivity contribution in [2.75, 3.05) is 58.1 Å². The number of methoxy groups -OCH3 is 2. The van der Waals surface area contributed by atoms with Gasteiger partial charge in [-0.3, -0.25) is 4.79 Å². The first kappa shape index (κ1) is 18.5. The van der Waals surface area contributed by atoms with Gasteiger partial charge in [0.25, 0.3) is 0 Å². The molecule has 1 aromatic carbocycles. The van der Waals surface area contributed by atoms with Gasteiger partial charge in [-0.2, -0.15) is 4.98 Å². The highest BCUT2D eigenvalue weighted by molar-refractivity contribution is 5.91. The molecule has 2 fully saturated rings. The number of aromatic nitrogens is 2. The molecule has 2 saturated heterocycles. The molecule has 0 bridgehead atoms. The second kappa shape index (κ2) is 6.97. The van der Waals surface area contributed by atoms with E-state index in [1.54, 1.807) is 25.2 Å². The summed E-state index contributed by atoms with van der Waals surface area (Å²) in [5, 5.41) is 0.727. The van der Waals surface area contributed by atoms with E-state index in [9.17, 15) is 4.79 Å². The lowest BCUT2D eigenvalue weighted by Crippen LogP contribution is -2.57. The van der Waals surface area contributed by atoms with E-state index in [-0.39, 0.29) is 18.1 Å². The lowest BCUT2D eigenvalue weighted by molar-refractivity contribution is -0.164. The minimum absolute atomic E-state index is 0.0306. The Bertz CT molecular complexity index is 911. The van der Waals surface area contributed by atoms with Crippen LogP contribution >= 0.6 is 0 Å². The molecule has 1 amide bonds. The number of anilines is 2. The monoisotopic (exact) mass is 387 g/mol. The number of nitrogen functional groups attached to an aromatic ring is 1. The molecule has 150 valence electrons. The largest absolute Gasteiger partial charge is 0.493 e. The van der Waals surface area contributed by atoms with Crippen LogP contribution in [0.5, 0.6) is 11.5 Å². The topological polar surface area (TPSA) is 103 Å². The van der Waals surface area contributed by atoms with Crippen LogP contribution in [0.2, 0.25) is 0 Å². The number of ether oxygens (including phenoxy) is 3. The third-order valence-electron chi connectivity index (χ3n) is 5.63. The van der Waals surface area contributed by atoms with E-state index in [0.717, 1.165) is 31.3 Å². The molecule has 0 atom stereocenters. The maximum absolute atomic E-state index is 11.7. The Hall–Kier alpha value is -2.81. The third-order valence-corrected chi connectivity index (χ3v) is 5.63. The fourth-order valence-corrected chi connectivity index (χ4v) is 3.92. The van der Waals surface area contributed by atoms with Gasteiger partial charge >= 0.3 is 0 Å². The molecule has 0 aliphatic carbocycles. The maximum Gasteiger partial charge on any atom is 0.248 e. The first-order chi connectivity index (χ1) is 13.4. The standard InChI is InChI=1S/C19H25N5O4/c1-23-11-19(28-10-16(23)25)4-6-24(7-5-19)18-21-13-9-15(27-3)14(26-2)8-12(13)17(20)22-18/h8-9H,4-7,10-11H2,1-3H3,(H2,20,21,22). The SMILES string of the molecule is COc1cc2nc(N3CCC4(CC3)CN(C)C(=O)CO4)nc(N)c2cc1OC. The zero-order valence-electron chi connectivity index (χ0n) is 16.4. The van der Waals surface area contributed by atoms with Crippen LogP contribution in [0, 0.1) is 0 Å². The summed E-state index contributed by atoms with van der Waals surface area (Å²) in [5.41, 5.74) is 6.63. The number of benzene rings is 1. The van der Waals surface area contributed by atoms with Crippen LogP contribution < -0.4 is 20.1 Å².